The minimum absolute atomic E-state index is 0.0697. The monoisotopic (exact) mass is 531 g/mol. The van der Waals surface area contributed by atoms with E-state index in [0.29, 0.717) is 18.6 Å². The number of aromatic nitrogens is 1. The average Bonchev–Trinajstić information content (AvgIpc) is 2.82. The van der Waals surface area contributed by atoms with Gasteiger partial charge in [-0.15, -0.1) is 0 Å². The Bertz CT molecular complexity index is 1100. The number of benzene rings is 1. The topological polar surface area (TPSA) is 41.0 Å². The maximum atomic E-state index is 15.3. The third-order valence-electron chi connectivity index (χ3n) is 6.02. The summed E-state index contributed by atoms with van der Waals surface area (Å²) in [6.45, 7) is 4.73. The van der Waals surface area contributed by atoms with E-state index >= 15 is 4.39 Å². The van der Waals surface area contributed by atoms with Crippen molar-refractivity contribution in [2.24, 2.45) is 3.21 Å². The molecular weight excluding hydrogens is 506 g/mol. The predicted molar refractivity (Wildman–Crippen MR) is 118 cm³/mol. The molecule has 2 aromatic rings. The van der Waals surface area contributed by atoms with Crippen molar-refractivity contribution in [1.29, 1.82) is 0 Å². The van der Waals surface area contributed by atoms with Crippen molar-refractivity contribution in [2.45, 2.75) is 25.4 Å². The summed E-state index contributed by atoms with van der Waals surface area (Å²) in [7, 11) is 0. The molecular formula is C24H25FIN4O-. The van der Waals surface area contributed by atoms with Crippen LogP contribution >= 0.6 is 0 Å². The molecule has 0 amide bonds. The molecule has 1 fully saturated rings. The molecule has 3 aliphatic heterocycles. The van der Waals surface area contributed by atoms with Gasteiger partial charge in [-0.25, -0.2) is 0 Å². The van der Waals surface area contributed by atoms with Crippen LogP contribution in [0.5, 0.6) is 5.75 Å². The van der Waals surface area contributed by atoms with Gasteiger partial charge in [-0.2, -0.15) is 0 Å². The van der Waals surface area contributed by atoms with Crippen molar-refractivity contribution >= 4 is 22.4 Å². The van der Waals surface area contributed by atoms with Gasteiger partial charge in [0, 0.05) is 0 Å². The van der Waals surface area contributed by atoms with Crippen LogP contribution < -0.4 is 26.2 Å². The van der Waals surface area contributed by atoms with E-state index in [1.165, 1.54) is 0 Å². The molecule has 0 N–H and O–H groups in total. The van der Waals surface area contributed by atoms with Gasteiger partial charge in [0.25, 0.3) is 0 Å². The third-order valence-corrected chi connectivity index (χ3v) is 7.66. The van der Waals surface area contributed by atoms with Crippen molar-refractivity contribution in [3.63, 3.8) is 0 Å². The summed E-state index contributed by atoms with van der Waals surface area (Å²) in [5.41, 5.74) is 1.41. The van der Waals surface area contributed by atoms with Crippen LogP contribution in [-0.4, -0.2) is 52.5 Å². The molecule has 162 valence electrons. The SMILES string of the molecule is CCN1CCC(F)(COc2cccc3ccc(C4=C[I-]N=C5C=CC=CN45)nc23)CC1. The van der Waals surface area contributed by atoms with Crippen molar-refractivity contribution in [3.8, 4) is 5.75 Å². The van der Waals surface area contributed by atoms with E-state index in [2.05, 4.69) is 30.1 Å². The third kappa shape index (κ3) is 4.25. The van der Waals surface area contributed by atoms with E-state index in [-0.39, 0.29) is 6.61 Å². The molecule has 0 radical (unpaired) electrons. The molecule has 1 saturated heterocycles. The second-order valence-electron chi connectivity index (χ2n) is 8.00. The Labute approximate surface area is 192 Å². The number of rotatable bonds is 5. The first-order valence-electron chi connectivity index (χ1n) is 10.6. The van der Waals surface area contributed by atoms with E-state index in [1.807, 2.05) is 48.7 Å². The zero-order chi connectivity index (χ0) is 21.3. The molecule has 4 heterocycles. The number of piperidine rings is 1. The van der Waals surface area contributed by atoms with Gasteiger partial charge in [0.15, 0.2) is 0 Å². The molecule has 0 spiro atoms. The molecule has 1 aromatic carbocycles. The summed E-state index contributed by atoms with van der Waals surface area (Å²) in [4.78, 5) is 9.29. The standard InChI is InChI=1S/C24H25FIN4O/c1-2-29-14-11-24(25,12-15-29)17-31-21-7-5-6-18-9-10-19(27-23(18)21)20-16-26-28-22-8-3-4-13-30(20)22/h3-10,13,16H,2,11-12,14-15,17H2,1H3/q-1. The molecule has 0 bridgehead atoms. The van der Waals surface area contributed by atoms with Crippen molar-refractivity contribution in [1.82, 2.24) is 14.8 Å². The Kier molecular flexibility index (Phi) is 5.79. The second-order valence-corrected chi connectivity index (χ2v) is 9.67. The van der Waals surface area contributed by atoms with Gasteiger partial charge in [0.05, 0.1) is 0 Å². The molecule has 1 aromatic heterocycles. The number of likely N-dealkylation sites (tertiary alicyclic amines) is 1. The summed E-state index contributed by atoms with van der Waals surface area (Å²) < 4.78 is 28.2. The van der Waals surface area contributed by atoms with Crippen LogP contribution in [0, 0.1) is 0 Å². The summed E-state index contributed by atoms with van der Waals surface area (Å²) in [5, 5.41) is 0.990. The van der Waals surface area contributed by atoms with Crippen molar-refractivity contribution in [3.05, 3.63) is 64.5 Å². The van der Waals surface area contributed by atoms with Gasteiger partial charge in [0.2, 0.25) is 0 Å². The Morgan fingerprint density at radius 2 is 2.03 bits per heavy atom. The van der Waals surface area contributed by atoms with Crippen molar-refractivity contribution < 1.29 is 30.6 Å². The summed E-state index contributed by atoms with van der Waals surface area (Å²) in [6, 6.07) is 9.94. The number of halogens is 2. The van der Waals surface area contributed by atoms with Crippen LogP contribution in [0.2, 0.25) is 0 Å². The molecule has 0 unspecified atom stereocenters. The van der Waals surface area contributed by atoms with Crippen LogP contribution in [-0.2, 0) is 0 Å². The Balaban J connectivity index is 1.39. The van der Waals surface area contributed by atoms with Gasteiger partial charge < -0.3 is 0 Å². The van der Waals surface area contributed by atoms with Gasteiger partial charge in [0.1, 0.15) is 0 Å². The number of hydrogen-bond acceptors (Lipinski definition) is 5. The zero-order valence-corrected chi connectivity index (χ0v) is 19.6. The predicted octanol–water partition coefficient (Wildman–Crippen LogP) is 1.54. The fraction of sp³-hybridized carbons (Fsp3) is 0.333. The number of allylic oxidation sites excluding steroid dienone is 2. The first kappa shape index (κ1) is 20.6. The molecule has 3 aliphatic rings. The summed E-state index contributed by atoms with van der Waals surface area (Å²) >= 11 is -0.404. The van der Waals surface area contributed by atoms with Gasteiger partial charge in [-0.1, -0.05) is 6.92 Å². The molecule has 0 atom stereocenters. The van der Waals surface area contributed by atoms with E-state index in [0.717, 1.165) is 47.8 Å². The van der Waals surface area contributed by atoms with Crippen LogP contribution in [0.1, 0.15) is 25.5 Å². The Hall–Kier alpha value is -2.26. The molecule has 5 nitrogen and oxygen atoms in total. The second kappa shape index (κ2) is 8.70. The first-order valence-corrected chi connectivity index (χ1v) is 12.9. The molecule has 31 heavy (non-hydrogen) atoms. The number of amidine groups is 1. The van der Waals surface area contributed by atoms with Gasteiger partial charge in [-0.05, 0) is 6.54 Å². The van der Waals surface area contributed by atoms with Gasteiger partial charge >= 0.3 is 180 Å². The number of fused-ring (bicyclic) bond motifs is 2. The maximum absolute atomic E-state index is 15.3. The zero-order valence-electron chi connectivity index (χ0n) is 17.5. The fourth-order valence-corrected chi connectivity index (χ4v) is 5.76. The van der Waals surface area contributed by atoms with E-state index < -0.39 is 27.1 Å². The number of para-hydroxylation sites is 1. The van der Waals surface area contributed by atoms with E-state index in [1.54, 1.807) is 0 Å². The Morgan fingerprint density at radius 3 is 2.87 bits per heavy atom. The first-order chi connectivity index (χ1) is 15.1. The van der Waals surface area contributed by atoms with Crippen LogP contribution in [0.25, 0.3) is 16.6 Å². The quantitative estimate of drug-likeness (QED) is 0.550. The normalized spacial score (nSPS) is 20.6. The van der Waals surface area contributed by atoms with Crippen LogP contribution in [0.4, 0.5) is 4.39 Å². The molecule has 0 aliphatic carbocycles. The van der Waals surface area contributed by atoms with Crippen molar-refractivity contribution in [2.75, 3.05) is 26.2 Å². The number of alkyl halides is 1. The van der Waals surface area contributed by atoms with E-state index in [4.69, 9.17) is 9.72 Å². The summed E-state index contributed by atoms with van der Waals surface area (Å²) in [5.74, 6) is 1.60. The van der Waals surface area contributed by atoms with Crippen LogP contribution in [0.15, 0.2) is 62.0 Å². The molecule has 0 saturated carbocycles. The fourth-order valence-electron chi connectivity index (χ4n) is 4.06. The Morgan fingerprint density at radius 1 is 1.16 bits per heavy atom. The minimum atomic E-state index is -1.28. The van der Waals surface area contributed by atoms with Gasteiger partial charge in [-0.3, -0.25) is 0 Å². The number of ether oxygens (including phenoxy) is 1. The average molecular weight is 531 g/mol. The van der Waals surface area contributed by atoms with Crippen LogP contribution in [0.3, 0.4) is 0 Å². The number of pyridine rings is 1. The summed E-state index contributed by atoms with van der Waals surface area (Å²) in [6.07, 6.45) is 9.05. The van der Waals surface area contributed by atoms with E-state index in [9.17, 15) is 0 Å². The molecule has 5 rings (SSSR count). The molecule has 7 heteroatoms. The number of nitrogens with zero attached hydrogens (tertiary/aromatic N) is 4. The number of hydrogen-bond donors (Lipinski definition) is 0.